The molecule has 6 heteroatoms. The Kier molecular flexibility index (Phi) is 6.88. The van der Waals surface area contributed by atoms with Crippen molar-refractivity contribution in [3.8, 4) is 5.75 Å². The summed E-state index contributed by atoms with van der Waals surface area (Å²) in [4.78, 5) is 10.9. The number of hydrogen-bond donors (Lipinski definition) is 3. The first kappa shape index (κ1) is 15.4. The summed E-state index contributed by atoms with van der Waals surface area (Å²) in [6, 6.07) is 6.48. The lowest BCUT2D eigenvalue weighted by Gasteiger charge is -2.12. The van der Waals surface area contributed by atoms with Crippen LogP contribution in [0.25, 0.3) is 0 Å². The number of aliphatic hydroxyl groups excluding tert-OH is 1. The molecule has 0 radical (unpaired) electrons. The van der Waals surface area contributed by atoms with E-state index in [2.05, 4.69) is 5.32 Å². The van der Waals surface area contributed by atoms with Gasteiger partial charge in [0, 0.05) is 20.2 Å². The number of carbonyl (C=O) groups is 1. The standard InChI is InChI=1S/C13H19NO5/c1-18-9-10(15)8-14-6-7-19-12-5-3-2-4-11(12)13(16)17/h2-5,10,14-15H,6-9H2,1H3,(H,16,17). The summed E-state index contributed by atoms with van der Waals surface area (Å²) < 4.78 is 10.2. The first-order valence-electron chi connectivity index (χ1n) is 5.98. The Morgan fingerprint density at radius 3 is 2.84 bits per heavy atom. The molecule has 0 amide bonds. The van der Waals surface area contributed by atoms with E-state index in [0.717, 1.165) is 0 Å². The molecule has 0 heterocycles. The molecule has 0 saturated heterocycles. The van der Waals surface area contributed by atoms with Gasteiger partial charge in [-0.2, -0.15) is 0 Å². The van der Waals surface area contributed by atoms with E-state index in [1.807, 2.05) is 0 Å². The second-order valence-corrected chi connectivity index (χ2v) is 3.96. The Bertz CT molecular complexity index is 396. The van der Waals surface area contributed by atoms with Crippen molar-refractivity contribution in [1.82, 2.24) is 5.32 Å². The van der Waals surface area contributed by atoms with Crippen LogP contribution in [0.4, 0.5) is 0 Å². The lowest BCUT2D eigenvalue weighted by molar-refractivity contribution is 0.0641. The van der Waals surface area contributed by atoms with E-state index in [0.29, 0.717) is 25.4 Å². The molecular formula is C13H19NO5. The lowest BCUT2D eigenvalue weighted by atomic mass is 10.2. The van der Waals surface area contributed by atoms with Gasteiger partial charge in [0.15, 0.2) is 0 Å². The first-order valence-corrected chi connectivity index (χ1v) is 5.98. The van der Waals surface area contributed by atoms with Crippen LogP contribution in [-0.4, -0.2) is 55.7 Å². The highest BCUT2D eigenvalue weighted by atomic mass is 16.5. The minimum atomic E-state index is -1.01. The fourth-order valence-electron chi connectivity index (χ4n) is 1.52. The molecule has 106 valence electrons. The molecule has 3 N–H and O–H groups in total. The molecule has 0 fully saturated rings. The van der Waals surface area contributed by atoms with Crippen LogP contribution < -0.4 is 10.1 Å². The zero-order chi connectivity index (χ0) is 14.1. The molecule has 0 aliphatic heterocycles. The molecule has 1 aromatic rings. The van der Waals surface area contributed by atoms with Gasteiger partial charge in [-0.25, -0.2) is 4.79 Å². The molecule has 1 aromatic carbocycles. The number of para-hydroxylation sites is 1. The SMILES string of the molecule is COCC(O)CNCCOc1ccccc1C(=O)O. The highest BCUT2D eigenvalue weighted by molar-refractivity contribution is 5.90. The van der Waals surface area contributed by atoms with Gasteiger partial charge in [0.05, 0.1) is 12.7 Å². The number of methoxy groups -OCH3 is 1. The minimum absolute atomic E-state index is 0.141. The highest BCUT2D eigenvalue weighted by Crippen LogP contribution is 2.17. The summed E-state index contributed by atoms with van der Waals surface area (Å²) >= 11 is 0. The topological polar surface area (TPSA) is 88.0 Å². The van der Waals surface area contributed by atoms with Gasteiger partial charge in [-0.3, -0.25) is 0 Å². The predicted molar refractivity (Wildman–Crippen MR) is 69.6 cm³/mol. The fraction of sp³-hybridized carbons (Fsp3) is 0.462. The van der Waals surface area contributed by atoms with E-state index in [1.54, 1.807) is 18.2 Å². The third-order valence-corrected chi connectivity index (χ3v) is 2.39. The summed E-state index contributed by atoms with van der Waals surface area (Å²) in [6.45, 7) is 1.51. The second kappa shape index (κ2) is 8.47. The molecule has 1 unspecified atom stereocenters. The van der Waals surface area contributed by atoms with E-state index in [4.69, 9.17) is 14.6 Å². The van der Waals surface area contributed by atoms with Crippen molar-refractivity contribution < 1.29 is 24.5 Å². The molecule has 1 atom stereocenters. The summed E-state index contributed by atoms with van der Waals surface area (Å²) in [5, 5.41) is 21.3. The zero-order valence-corrected chi connectivity index (χ0v) is 10.8. The van der Waals surface area contributed by atoms with Gasteiger partial charge in [-0.1, -0.05) is 12.1 Å². The molecular weight excluding hydrogens is 250 g/mol. The number of carboxylic acid groups (broad SMARTS) is 1. The number of rotatable bonds is 9. The van der Waals surface area contributed by atoms with Crippen molar-refractivity contribution in [2.45, 2.75) is 6.10 Å². The fourth-order valence-corrected chi connectivity index (χ4v) is 1.52. The highest BCUT2D eigenvalue weighted by Gasteiger charge is 2.09. The van der Waals surface area contributed by atoms with Crippen molar-refractivity contribution >= 4 is 5.97 Å². The molecule has 0 aliphatic rings. The normalized spacial score (nSPS) is 12.1. The zero-order valence-electron chi connectivity index (χ0n) is 10.8. The molecule has 1 rings (SSSR count). The van der Waals surface area contributed by atoms with Crippen molar-refractivity contribution in [2.75, 3.05) is 33.4 Å². The van der Waals surface area contributed by atoms with Crippen molar-refractivity contribution in [3.63, 3.8) is 0 Å². The maximum atomic E-state index is 10.9. The maximum absolute atomic E-state index is 10.9. The van der Waals surface area contributed by atoms with Crippen LogP contribution in [0.15, 0.2) is 24.3 Å². The first-order chi connectivity index (χ1) is 9.15. The third kappa shape index (κ3) is 5.69. The average molecular weight is 269 g/mol. The quantitative estimate of drug-likeness (QED) is 0.561. The number of hydrogen-bond acceptors (Lipinski definition) is 5. The molecule has 0 spiro atoms. The van der Waals surface area contributed by atoms with Crippen molar-refractivity contribution in [3.05, 3.63) is 29.8 Å². The number of benzene rings is 1. The molecule has 0 bridgehead atoms. The average Bonchev–Trinajstić information content (AvgIpc) is 2.39. The van der Waals surface area contributed by atoms with E-state index >= 15 is 0 Å². The van der Waals surface area contributed by atoms with E-state index in [1.165, 1.54) is 13.2 Å². The summed E-state index contributed by atoms with van der Waals surface area (Å²) in [5.74, 6) is -0.673. The second-order valence-electron chi connectivity index (χ2n) is 3.96. The monoisotopic (exact) mass is 269 g/mol. The summed E-state index contributed by atoms with van der Waals surface area (Å²) in [5.41, 5.74) is 0.141. The van der Waals surface area contributed by atoms with Crippen molar-refractivity contribution in [2.24, 2.45) is 0 Å². The summed E-state index contributed by atoms with van der Waals surface area (Å²) in [6.07, 6.45) is -0.559. The van der Waals surface area contributed by atoms with E-state index in [-0.39, 0.29) is 12.2 Å². The number of ether oxygens (including phenoxy) is 2. The van der Waals surface area contributed by atoms with Crippen LogP contribution in [0.3, 0.4) is 0 Å². The third-order valence-electron chi connectivity index (χ3n) is 2.39. The molecule has 19 heavy (non-hydrogen) atoms. The maximum Gasteiger partial charge on any atom is 0.339 e. The minimum Gasteiger partial charge on any atom is -0.491 e. The Morgan fingerprint density at radius 1 is 1.42 bits per heavy atom. The van der Waals surface area contributed by atoms with Gasteiger partial charge >= 0.3 is 5.97 Å². The van der Waals surface area contributed by atoms with Gasteiger partial charge in [0.1, 0.15) is 17.9 Å². The van der Waals surface area contributed by atoms with Crippen LogP contribution >= 0.6 is 0 Å². The molecule has 6 nitrogen and oxygen atoms in total. The van der Waals surface area contributed by atoms with Gasteiger partial charge in [0.2, 0.25) is 0 Å². The summed E-state index contributed by atoms with van der Waals surface area (Å²) in [7, 11) is 1.52. The van der Waals surface area contributed by atoms with Gasteiger partial charge in [0.25, 0.3) is 0 Å². The number of aliphatic hydroxyl groups is 1. The molecule has 0 aliphatic carbocycles. The van der Waals surface area contributed by atoms with Crippen LogP contribution in [0.1, 0.15) is 10.4 Å². The van der Waals surface area contributed by atoms with Gasteiger partial charge < -0.3 is 25.0 Å². The number of carboxylic acids is 1. The van der Waals surface area contributed by atoms with Crippen LogP contribution in [-0.2, 0) is 4.74 Å². The largest absolute Gasteiger partial charge is 0.491 e. The Labute approximate surface area is 112 Å². The Morgan fingerprint density at radius 2 is 2.16 bits per heavy atom. The van der Waals surface area contributed by atoms with Crippen molar-refractivity contribution in [1.29, 1.82) is 0 Å². The number of aromatic carboxylic acids is 1. The molecule has 0 aromatic heterocycles. The van der Waals surface area contributed by atoms with Gasteiger partial charge in [-0.15, -0.1) is 0 Å². The lowest BCUT2D eigenvalue weighted by Crippen LogP contribution is -2.32. The molecule has 0 saturated carbocycles. The van der Waals surface area contributed by atoms with Crippen LogP contribution in [0.2, 0.25) is 0 Å². The van der Waals surface area contributed by atoms with Gasteiger partial charge in [-0.05, 0) is 12.1 Å². The van der Waals surface area contributed by atoms with E-state index < -0.39 is 12.1 Å². The predicted octanol–water partition coefficient (Wildman–Crippen LogP) is 0.360. The Balaban J connectivity index is 2.28. The van der Waals surface area contributed by atoms with Crippen LogP contribution in [0.5, 0.6) is 5.75 Å². The smallest absolute Gasteiger partial charge is 0.339 e. The van der Waals surface area contributed by atoms with Crippen LogP contribution in [0, 0.1) is 0 Å². The number of nitrogens with one attached hydrogen (secondary N) is 1. The van der Waals surface area contributed by atoms with E-state index in [9.17, 15) is 9.90 Å². The Hall–Kier alpha value is -1.63.